The monoisotopic (exact) mass is 491 g/mol. The highest BCUT2D eigenvalue weighted by molar-refractivity contribution is 5.98. The number of rotatable bonds is 4. The van der Waals surface area contributed by atoms with E-state index in [0.29, 0.717) is 23.0 Å². The van der Waals surface area contributed by atoms with E-state index < -0.39 is 41.1 Å². The zero-order chi connectivity index (χ0) is 25.4. The molecule has 5 nitrogen and oxygen atoms in total. The maximum atomic E-state index is 13.7. The van der Waals surface area contributed by atoms with E-state index in [0.717, 1.165) is 30.5 Å². The van der Waals surface area contributed by atoms with Gasteiger partial charge in [0.25, 0.3) is 5.91 Å². The quantitative estimate of drug-likeness (QED) is 0.372. The van der Waals surface area contributed by atoms with Gasteiger partial charge >= 0.3 is 12.4 Å². The summed E-state index contributed by atoms with van der Waals surface area (Å²) >= 11 is 0. The van der Waals surface area contributed by atoms with Crippen LogP contribution in [0.4, 0.5) is 26.3 Å². The Kier molecular flexibility index (Phi) is 6.10. The lowest BCUT2D eigenvalue weighted by molar-refractivity contribution is -0.139. The molecule has 1 atom stereocenters. The Morgan fingerprint density at radius 2 is 1.63 bits per heavy atom. The molecular weight excluding hydrogens is 476 g/mol. The number of pyridine rings is 2. The van der Waals surface area contributed by atoms with Gasteiger partial charge in [0.1, 0.15) is 0 Å². The number of aromatic amines is 1. The summed E-state index contributed by atoms with van der Waals surface area (Å²) in [6.45, 7) is 0. The van der Waals surface area contributed by atoms with E-state index in [4.69, 9.17) is 0 Å². The summed E-state index contributed by atoms with van der Waals surface area (Å²) in [4.78, 5) is 31.5. The lowest BCUT2D eigenvalue weighted by Gasteiger charge is -2.23. The predicted octanol–water partition coefficient (Wildman–Crippen LogP) is 5.48. The molecule has 2 aromatic carbocycles. The Labute approximate surface area is 193 Å². The number of benzene rings is 2. The van der Waals surface area contributed by atoms with Crippen LogP contribution < -0.4 is 10.7 Å². The van der Waals surface area contributed by atoms with Crippen molar-refractivity contribution in [3.8, 4) is 0 Å². The first-order valence-corrected chi connectivity index (χ1v) is 10.1. The SMILES string of the molecule is O=C(N[C@@H](c1ccc(C(F)(F)F)cc1)c1ncccc1C(F)(F)F)c1ccc2c(=O)cc[nH]c2c1. The summed E-state index contributed by atoms with van der Waals surface area (Å²) in [5, 5.41) is 2.74. The van der Waals surface area contributed by atoms with Crippen LogP contribution in [0.15, 0.2) is 77.9 Å². The van der Waals surface area contributed by atoms with Crippen LogP contribution in [0.25, 0.3) is 10.9 Å². The van der Waals surface area contributed by atoms with E-state index in [1.165, 1.54) is 30.5 Å². The number of halogens is 6. The van der Waals surface area contributed by atoms with Gasteiger partial charge in [-0.1, -0.05) is 12.1 Å². The van der Waals surface area contributed by atoms with Crippen LogP contribution >= 0.6 is 0 Å². The molecule has 4 rings (SSSR count). The second-order valence-corrected chi connectivity index (χ2v) is 7.56. The number of hydrogen-bond donors (Lipinski definition) is 2. The molecule has 0 aliphatic carbocycles. The zero-order valence-electron chi connectivity index (χ0n) is 17.5. The number of H-pyrrole nitrogens is 1. The van der Waals surface area contributed by atoms with Gasteiger partial charge in [-0.15, -0.1) is 0 Å². The smallest absolute Gasteiger partial charge is 0.361 e. The largest absolute Gasteiger partial charge is 0.418 e. The van der Waals surface area contributed by atoms with E-state index in [1.54, 1.807) is 0 Å². The molecule has 2 N–H and O–H groups in total. The van der Waals surface area contributed by atoms with Crippen molar-refractivity contribution in [1.29, 1.82) is 0 Å². The Hall–Kier alpha value is -4.15. The van der Waals surface area contributed by atoms with Crippen molar-refractivity contribution < 1.29 is 31.1 Å². The summed E-state index contributed by atoms with van der Waals surface area (Å²) in [6, 6.07) is 9.06. The first-order valence-electron chi connectivity index (χ1n) is 10.1. The highest BCUT2D eigenvalue weighted by atomic mass is 19.4. The number of hydrogen-bond acceptors (Lipinski definition) is 3. The van der Waals surface area contributed by atoms with Crippen molar-refractivity contribution in [2.45, 2.75) is 18.4 Å². The number of fused-ring (bicyclic) bond motifs is 1. The number of alkyl halides is 6. The molecule has 0 aliphatic rings. The Bertz CT molecular complexity index is 1440. The summed E-state index contributed by atoms with van der Waals surface area (Å²) in [6.07, 6.45) is -7.02. The van der Waals surface area contributed by atoms with Crippen molar-refractivity contribution in [1.82, 2.24) is 15.3 Å². The van der Waals surface area contributed by atoms with Gasteiger partial charge in [-0.2, -0.15) is 26.3 Å². The van der Waals surface area contributed by atoms with Crippen LogP contribution in [0.3, 0.4) is 0 Å². The molecule has 0 bridgehead atoms. The molecular formula is C24H15F6N3O2. The Balaban J connectivity index is 1.78. The first kappa shape index (κ1) is 24.0. The van der Waals surface area contributed by atoms with Crippen molar-refractivity contribution >= 4 is 16.8 Å². The van der Waals surface area contributed by atoms with Crippen molar-refractivity contribution in [3.63, 3.8) is 0 Å². The molecule has 0 spiro atoms. The molecule has 11 heteroatoms. The molecule has 0 aliphatic heterocycles. The summed E-state index contributed by atoms with van der Waals surface area (Å²) < 4.78 is 80.0. The molecule has 0 saturated carbocycles. The highest BCUT2D eigenvalue weighted by Crippen LogP contribution is 2.36. The molecule has 0 unspecified atom stereocenters. The number of nitrogens with zero attached hydrogens (tertiary/aromatic N) is 1. The molecule has 2 heterocycles. The third kappa shape index (κ3) is 5.03. The van der Waals surface area contributed by atoms with Crippen LogP contribution in [0, 0.1) is 0 Å². The second-order valence-electron chi connectivity index (χ2n) is 7.56. The van der Waals surface area contributed by atoms with Crippen LogP contribution in [0.2, 0.25) is 0 Å². The Morgan fingerprint density at radius 3 is 2.29 bits per heavy atom. The third-order valence-electron chi connectivity index (χ3n) is 5.28. The molecule has 180 valence electrons. The zero-order valence-corrected chi connectivity index (χ0v) is 17.5. The summed E-state index contributed by atoms with van der Waals surface area (Å²) in [7, 11) is 0. The topological polar surface area (TPSA) is 74.8 Å². The number of nitrogens with one attached hydrogen (secondary N) is 2. The van der Waals surface area contributed by atoms with Crippen LogP contribution in [-0.4, -0.2) is 15.9 Å². The van der Waals surface area contributed by atoms with Gasteiger partial charge in [0.05, 0.1) is 28.4 Å². The van der Waals surface area contributed by atoms with E-state index >= 15 is 0 Å². The number of aromatic nitrogens is 2. The van der Waals surface area contributed by atoms with Gasteiger partial charge in [-0.3, -0.25) is 14.6 Å². The maximum Gasteiger partial charge on any atom is 0.418 e. The van der Waals surface area contributed by atoms with Crippen molar-refractivity contribution in [2.75, 3.05) is 0 Å². The van der Waals surface area contributed by atoms with Gasteiger partial charge in [0, 0.05) is 29.4 Å². The van der Waals surface area contributed by atoms with E-state index in [9.17, 15) is 35.9 Å². The third-order valence-corrected chi connectivity index (χ3v) is 5.28. The fourth-order valence-corrected chi connectivity index (χ4v) is 3.59. The van der Waals surface area contributed by atoms with E-state index in [-0.39, 0.29) is 16.6 Å². The molecule has 4 aromatic rings. The average molecular weight is 491 g/mol. The molecule has 0 radical (unpaired) electrons. The highest BCUT2D eigenvalue weighted by Gasteiger charge is 2.37. The van der Waals surface area contributed by atoms with Crippen LogP contribution in [-0.2, 0) is 12.4 Å². The van der Waals surface area contributed by atoms with E-state index in [2.05, 4.69) is 15.3 Å². The lowest BCUT2D eigenvalue weighted by atomic mass is 9.97. The van der Waals surface area contributed by atoms with Gasteiger partial charge in [0.2, 0.25) is 0 Å². The minimum atomic E-state index is -4.83. The molecule has 35 heavy (non-hydrogen) atoms. The van der Waals surface area contributed by atoms with Crippen molar-refractivity contribution in [3.05, 3.63) is 111 Å². The summed E-state index contributed by atoms with van der Waals surface area (Å²) in [5.74, 6) is -0.819. The minimum absolute atomic E-state index is 0.0146. The lowest BCUT2D eigenvalue weighted by Crippen LogP contribution is -2.31. The number of carbonyl (C=O) groups is 1. The predicted molar refractivity (Wildman–Crippen MR) is 115 cm³/mol. The second kappa shape index (κ2) is 8.90. The van der Waals surface area contributed by atoms with E-state index in [1.807, 2.05) is 0 Å². The van der Waals surface area contributed by atoms with Crippen LogP contribution in [0.1, 0.15) is 38.8 Å². The van der Waals surface area contributed by atoms with Gasteiger partial charge in [-0.05, 0) is 48.0 Å². The van der Waals surface area contributed by atoms with Gasteiger partial charge < -0.3 is 10.3 Å². The number of amides is 1. The molecule has 1 amide bonds. The Morgan fingerprint density at radius 1 is 0.914 bits per heavy atom. The number of carbonyl (C=O) groups excluding carboxylic acids is 1. The fourth-order valence-electron chi connectivity index (χ4n) is 3.59. The van der Waals surface area contributed by atoms with Gasteiger partial charge in [-0.25, -0.2) is 0 Å². The average Bonchev–Trinajstić information content (AvgIpc) is 2.81. The normalized spacial score (nSPS) is 13.0. The molecule has 0 fully saturated rings. The van der Waals surface area contributed by atoms with Gasteiger partial charge in [0.15, 0.2) is 5.43 Å². The maximum absolute atomic E-state index is 13.7. The minimum Gasteiger partial charge on any atom is -0.361 e. The summed E-state index contributed by atoms with van der Waals surface area (Å²) in [5.41, 5.74) is -2.72. The van der Waals surface area contributed by atoms with Crippen molar-refractivity contribution in [2.24, 2.45) is 0 Å². The molecule has 0 saturated heterocycles. The molecule has 2 aromatic heterocycles. The standard InChI is InChI=1S/C24H15F6N3O2/c25-23(26,27)15-6-3-13(4-7-15)20(21-17(24(28,29)30)2-1-10-32-21)33-22(35)14-5-8-16-18(12-14)31-11-9-19(16)34/h1-12,20H,(H,31,34)(H,33,35)/t20-/m0/s1. The fraction of sp³-hybridized carbons (Fsp3) is 0.125. The first-order chi connectivity index (χ1) is 16.4. The van der Waals surface area contributed by atoms with Crippen LogP contribution in [0.5, 0.6) is 0 Å².